The molecule has 0 aliphatic carbocycles. The van der Waals surface area contributed by atoms with Gasteiger partial charge in [0.25, 0.3) is 0 Å². The summed E-state index contributed by atoms with van der Waals surface area (Å²) < 4.78 is 19.8. The molecule has 1 aromatic carbocycles. The minimum absolute atomic E-state index is 0.178. The molecule has 11 heteroatoms. The maximum Gasteiger partial charge on any atom is 0.241 e. The highest BCUT2D eigenvalue weighted by molar-refractivity contribution is 6.05. The molecule has 0 atom stereocenters. The number of aliphatic imine (C=N–C) groups is 2. The topological polar surface area (TPSA) is 112 Å². The monoisotopic (exact) mass is 485 g/mol. The Morgan fingerprint density at radius 2 is 1.94 bits per heavy atom. The SMILES string of the molecule is FC1=CCN=C(N/N=C/c2ccc(Nc3cccc(-c4cnccn4)c3)cn2)N=C1N1CCOCC1. The average molecular weight is 486 g/mol. The highest BCUT2D eigenvalue weighted by Crippen LogP contribution is 2.22. The molecule has 1 fully saturated rings. The van der Waals surface area contributed by atoms with Crippen molar-refractivity contribution in [2.75, 3.05) is 38.2 Å². The molecule has 0 radical (unpaired) electrons. The number of morpholine rings is 1. The predicted octanol–water partition coefficient (Wildman–Crippen LogP) is 3.16. The fraction of sp³-hybridized carbons (Fsp3) is 0.200. The lowest BCUT2D eigenvalue weighted by molar-refractivity contribution is 0.0677. The number of nitrogens with one attached hydrogen (secondary N) is 2. The van der Waals surface area contributed by atoms with Crippen LogP contribution in [-0.2, 0) is 4.74 Å². The van der Waals surface area contributed by atoms with Gasteiger partial charge in [-0.05, 0) is 30.3 Å². The Labute approximate surface area is 207 Å². The second-order valence-electron chi connectivity index (χ2n) is 7.89. The number of benzene rings is 1. The minimum atomic E-state index is -0.395. The van der Waals surface area contributed by atoms with E-state index in [1.165, 1.54) is 6.08 Å². The van der Waals surface area contributed by atoms with Gasteiger partial charge in [0, 0.05) is 36.7 Å². The first-order valence-electron chi connectivity index (χ1n) is 11.4. The van der Waals surface area contributed by atoms with E-state index in [-0.39, 0.29) is 18.3 Å². The molecular formula is C25H24FN9O. The number of ether oxygens (including phenoxy) is 1. The van der Waals surface area contributed by atoms with E-state index in [9.17, 15) is 4.39 Å². The zero-order valence-electron chi connectivity index (χ0n) is 19.4. The van der Waals surface area contributed by atoms with Crippen molar-refractivity contribution in [1.82, 2.24) is 25.3 Å². The van der Waals surface area contributed by atoms with Crippen LogP contribution in [0.1, 0.15) is 5.69 Å². The highest BCUT2D eigenvalue weighted by Gasteiger charge is 2.21. The predicted molar refractivity (Wildman–Crippen MR) is 137 cm³/mol. The van der Waals surface area contributed by atoms with Crippen molar-refractivity contribution in [1.29, 1.82) is 0 Å². The molecule has 36 heavy (non-hydrogen) atoms. The lowest BCUT2D eigenvalue weighted by Gasteiger charge is -2.28. The van der Waals surface area contributed by atoms with E-state index in [4.69, 9.17) is 4.74 Å². The number of hydrogen-bond acceptors (Lipinski definition) is 10. The van der Waals surface area contributed by atoms with Crippen LogP contribution < -0.4 is 10.7 Å². The van der Waals surface area contributed by atoms with E-state index in [1.54, 1.807) is 31.0 Å². The Morgan fingerprint density at radius 1 is 1.03 bits per heavy atom. The largest absolute Gasteiger partial charge is 0.378 e. The van der Waals surface area contributed by atoms with Crippen molar-refractivity contribution in [3.05, 3.63) is 78.8 Å². The van der Waals surface area contributed by atoms with E-state index in [0.717, 1.165) is 22.6 Å². The van der Waals surface area contributed by atoms with E-state index >= 15 is 0 Å². The Morgan fingerprint density at radius 3 is 2.75 bits per heavy atom. The summed E-state index contributed by atoms with van der Waals surface area (Å²) >= 11 is 0. The van der Waals surface area contributed by atoms with Crippen molar-refractivity contribution in [3.63, 3.8) is 0 Å². The van der Waals surface area contributed by atoms with Gasteiger partial charge >= 0.3 is 0 Å². The number of halogens is 1. The third kappa shape index (κ3) is 5.94. The van der Waals surface area contributed by atoms with Crippen LogP contribution in [-0.4, -0.2) is 70.7 Å². The van der Waals surface area contributed by atoms with Gasteiger partial charge in [-0.25, -0.2) is 14.8 Å². The Balaban J connectivity index is 1.20. The van der Waals surface area contributed by atoms with Gasteiger partial charge in [0.2, 0.25) is 5.96 Å². The smallest absolute Gasteiger partial charge is 0.241 e. The van der Waals surface area contributed by atoms with Crippen molar-refractivity contribution in [2.45, 2.75) is 0 Å². The lowest BCUT2D eigenvalue weighted by atomic mass is 10.1. The quantitative estimate of drug-likeness (QED) is 0.422. The fourth-order valence-electron chi connectivity index (χ4n) is 3.63. The second-order valence-corrected chi connectivity index (χ2v) is 7.89. The van der Waals surface area contributed by atoms with E-state index in [1.807, 2.05) is 41.3 Å². The van der Waals surface area contributed by atoms with Crippen LogP contribution in [0.2, 0.25) is 0 Å². The molecule has 0 amide bonds. The fourth-order valence-corrected chi connectivity index (χ4v) is 3.63. The Hall–Kier alpha value is -4.51. The number of rotatable bonds is 5. The van der Waals surface area contributed by atoms with Crippen molar-refractivity contribution in [2.24, 2.45) is 15.1 Å². The highest BCUT2D eigenvalue weighted by atomic mass is 19.1. The van der Waals surface area contributed by atoms with Crippen LogP contribution in [0.25, 0.3) is 11.3 Å². The van der Waals surface area contributed by atoms with Gasteiger partial charge < -0.3 is 15.0 Å². The molecule has 0 bridgehead atoms. The molecule has 3 aromatic rings. The molecule has 10 nitrogen and oxygen atoms in total. The van der Waals surface area contributed by atoms with Gasteiger partial charge in [0.15, 0.2) is 11.7 Å². The summed E-state index contributed by atoms with van der Waals surface area (Å²) in [6, 6.07) is 11.6. The van der Waals surface area contributed by atoms with Crippen LogP contribution in [0.3, 0.4) is 0 Å². The molecule has 0 unspecified atom stereocenters. The molecule has 2 aromatic heterocycles. The summed E-state index contributed by atoms with van der Waals surface area (Å²) in [5.41, 5.74) is 6.92. The first-order chi connectivity index (χ1) is 17.7. The van der Waals surface area contributed by atoms with Gasteiger partial charge in [-0.1, -0.05) is 12.1 Å². The number of hydrazone groups is 1. The van der Waals surface area contributed by atoms with Crippen LogP contribution in [0.5, 0.6) is 0 Å². The molecular weight excluding hydrogens is 461 g/mol. The molecule has 2 aliphatic rings. The molecule has 5 rings (SSSR count). The number of pyridine rings is 1. The summed E-state index contributed by atoms with van der Waals surface area (Å²) in [5.74, 6) is 0.0838. The maximum atomic E-state index is 14.4. The molecule has 2 aliphatic heterocycles. The molecule has 4 heterocycles. The number of nitrogens with zero attached hydrogens (tertiary/aromatic N) is 7. The number of guanidine groups is 1. The Bertz CT molecular complexity index is 1300. The number of aromatic nitrogens is 3. The lowest BCUT2D eigenvalue weighted by Crippen LogP contribution is -2.41. The van der Waals surface area contributed by atoms with Gasteiger partial charge in [-0.15, -0.1) is 0 Å². The molecule has 0 saturated carbocycles. The molecule has 182 valence electrons. The van der Waals surface area contributed by atoms with Crippen LogP contribution in [0.4, 0.5) is 15.8 Å². The van der Waals surface area contributed by atoms with Crippen LogP contribution in [0.15, 0.2) is 88.2 Å². The third-order valence-electron chi connectivity index (χ3n) is 5.41. The first-order valence-corrected chi connectivity index (χ1v) is 11.4. The minimum Gasteiger partial charge on any atom is -0.378 e. The molecule has 0 spiro atoms. The molecule has 2 N–H and O–H groups in total. The van der Waals surface area contributed by atoms with Gasteiger partial charge in [0.05, 0.1) is 55.4 Å². The number of amidine groups is 1. The maximum absolute atomic E-state index is 14.4. The summed E-state index contributed by atoms with van der Waals surface area (Å²) in [6.07, 6.45) is 9.72. The normalized spacial score (nSPS) is 16.1. The standard InChI is InChI=1S/C25H24FN9O/c26-22-6-7-29-25(33-24(22)35-10-12-36-13-11-35)34-31-16-20-4-5-21(15-30-20)32-19-3-1-2-18(14-19)23-17-27-8-9-28-23/h1-6,8-9,14-17,32H,7,10-13H2,(H,29,34)/b31-16+. The Kier molecular flexibility index (Phi) is 7.28. The summed E-state index contributed by atoms with van der Waals surface area (Å²) in [6.45, 7) is 2.40. The van der Waals surface area contributed by atoms with E-state index in [0.29, 0.717) is 32.0 Å². The van der Waals surface area contributed by atoms with Gasteiger partial charge in [-0.2, -0.15) is 10.1 Å². The average Bonchev–Trinajstić information content (AvgIpc) is 3.12. The van der Waals surface area contributed by atoms with Crippen molar-refractivity contribution in [3.8, 4) is 11.3 Å². The third-order valence-corrected chi connectivity index (χ3v) is 5.41. The van der Waals surface area contributed by atoms with E-state index < -0.39 is 5.83 Å². The molecule has 1 saturated heterocycles. The summed E-state index contributed by atoms with van der Waals surface area (Å²) in [4.78, 5) is 23.3. The van der Waals surface area contributed by atoms with Gasteiger partial charge in [0.1, 0.15) is 0 Å². The second kappa shape index (κ2) is 11.3. The van der Waals surface area contributed by atoms with Gasteiger partial charge in [-0.3, -0.25) is 15.0 Å². The zero-order chi connectivity index (χ0) is 24.6. The van der Waals surface area contributed by atoms with Crippen molar-refractivity contribution >= 4 is 29.4 Å². The van der Waals surface area contributed by atoms with Crippen molar-refractivity contribution < 1.29 is 9.13 Å². The van der Waals surface area contributed by atoms with Crippen LogP contribution >= 0.6 is 0 Å². The summed E-state index contributed by atoms with van der Waals surface area (Å²) in [7, 11) is 0. The van der Waals surface area contributed by atoms with E-state index in [2.05, 4.69) is 40.8 Å². The summed E-state index contributed by atoms with van der Waals surface area (Å²) in [5, 5.41) is 7.51. The first kappa shape index (κ1) is 23.2. The number of hydrogen-bond donors (Lipinski definition) is 2. The zero-order valence-corrected chi connectivity index (χ0v) is 19.4. The van der Waals surface area contributed by atoms with Crippen LogP contribution in [0, 0.1) is 0 Å². The number of anilines is 2.